The summed E-state index contributed by atoms with van der Waals surface area (Å²) < 4.78 is 6.43. The van der Waals surface area contributed by atoms with E-state index in [-0.39, 0.29) is 12.5 Å². The first-order valence-electron chi connectivity index (χ1n) is 6.74. The van der Waals surface area contributed by atoms with Crippen LogP contribution in [0.3, 0.4) is 0 Å². The lowest BCUT2D eigenvalue weighted by Gasteiger charge is -2.17. The first-order chi connectivity index (χ1) is 11.0. The number of nitrogens with zero attached hydrogens (tertiary/aromatic N) is 2. The van der Waals surface area contributed by atoms with Gasteiger partial charge in [-0.3, -0.25) is 4.79 Å². The van der Waals surface area contributed by atoms with E-state index in [1.54, 1.807) is 31.3 Å². The summed E-state index contributed by atoms with van der Waals surface area (Å²) >= 11 is 13.2. The fraction of sp³-hybridized carbons (Fsp3) is 0.125. The zero-order valence-electron chi connectivity index (χ0n) is 12.1. The Morgan fingerprint density at radius 3 is 2.78 bits per heavy atom. The second kappa shape index (κ2) is 6.74. The highest BCUT2D eigenvalue weighted by Crippen LogP contribution is 2.29. The number of carbonyl (C=O) groups excluding carboxylic acids is 1. The van der Waals surface area contributed by atoms with Crippen molar-refractivity contribution in [2.75, 3.05) is 18.6 Å². The highest BCUT2D eigenvalue weighted by molar-refractivity contribution is 7.20. The number of amides is 1. The van der Waals surface area contributed by atoms with Gasteiger partial charge in [-0.15, -0.1) is 0 Å². The second-order valence-electron chi connectivity index (χ2n) is 4.81. The maximum absolute atomic E-state index is 12.2. The van der Waals surface area contributed by atoms with E-state index in [0.717, 1.165) is 10.2 Å². The minimum atomic E-state index is -0.190. The predicted molar refractivity (Wildman–Crippen MR) is 95.0 cm³/mol. The van der Waals surface area contributed by atoms with Crippen LogP contribution in [0.1, 0.15) is 0 Å². The Labute approximate surface area is 147 Å². The molecule has 1 heterocycles. The number of aromatic nitrogens is 1. The van der Waals surface area contributed by atoms with Crippen molar-refractivity contribution in [3.8, 4) is 5.19 Å². The van der Waals surface area contributed by atoms with Gasteiger partial charge in [-0.25, -0.2) is 4.98 Å². The summed E-state index contributed by atoms with van der Waals surface area (Å²) in [5, 5.41) is 1.66. The van der Waals surface area contributed by atoms with Gasteiger partial charge in [0, 0.05) is 22.8 Å². The van der Waals surface area contributed by atoms with Gasteiger partial charge in [0.25, 0.3) is 11.1 Å². The molecule has 1 amide bonds. The van der Waals surface area contributed by atoms with Crippen LogP contribution < -0.4 is 9.64 Å². The van der Waals surface area contributed by atoms with E-state index in [2.05, 4.69) is 4.98 Å². The van der Waals surface area contributed by atoms with E-state index in [9.17, 15) is 4.79 Å². The van der Waals surface area contributed by atoms with Crippen molar-refractivity contribution >= 4 is 56.3 Å². The number of carbonyl (C=O) groups is 1. The van der Waals surface area contributed by atoms with Gasteiger partial charge in [0.15, 0.2) is 6.61 Å². The van der Waals surface area contributed by atoms with Crippen molar-refractivity contribution < 1.29 is 9.53 Å². The number of halogens is 2. The van der Waals surface area contributed by atoms with Crippen molar-refractivity contribution in [3.05, 3.63) is 52.5 Å². The molecule has 0 bridgehead atoms. The van der Waals surface area contributed by atoms with Gasteiger partial charge in [0.05, 0.1) is 10.2 Å². The van der Waals surface area contributed by atoms with Crippen LogP contribution >= 0.6 is 34.5 Å². The summed E-state index contributed by atoms with van der Waals surface area (Å²) in [7, 11) is 1.68. The van der Waals surface area contributed by atoms with Crippen LogP contribution in [0, 0.1) is 0 Å². The van der Waals surface area contributed by atoms with Crippen molar-refractivity contribution in [2.24, 2.45) is 0 Å². The highest BCUT2D eigenvalue weighted by atomic mass is 35.5. The molecule has 0 saturated heterocycles. The van der Waals surface area contributed by atoms with Crippen LogP contribution in [-0.2, 0) is 4.79 Å². The van der Waals surface area contributed by atoms with E-state index in [0.29, 0.717) is 20.9 Å². The molecule has 7 heteroatoms. The van der Waals surface area contributed by atoms with Crippen LogP contribution in [0.25, 0.3) is 10.2 Å². The zero-order chi connectivity index (χ0) is 16.4. The van der Waals surface area contributed by atoms with Crippen molar-refractivity contribution in [3.63, 3.8) is 0 Å². The van der Waals surface area contributed by atoms with Gasteiger partial charge in [-0.2, -0.15) is 0 Å². The number of ether oxygens (including phenoxy) is 1. The lowest BCUT2D eigenvalue weighted by atomic mass is 10.3. The van der Waals surface area contributed by atoms with Gasteiger partial charge >= 0.3 is 0 Å². The molecule has 3 rings (SSSR count). The lowest BCUT2D eigenvalue weighted by molar-refractivity contribution is -0.120. The zero-order valence-corrected chi connectivity index (χ0v) is 14.5. The number of fused-ring (bicyclic) bond motifs is 1. The number of hydrogen-bond acceptors (Lipinski definition) is 4. The van der Waals surface area contributed by atoms with Crippen molar-refractivity contribution in [1.82, 2.24) is 4.98 Å². The SMILES string of the molecule is CN(C(=O)COc1nc2ccc(Cl)cc2s1)c1cccc(Cl)c1. The molecule has 0 saturated carbocycles. The molecule has 118 valence electrons. The molecule has 0 spiro atoms. The average Bonchev–Trinajstić information content (AvgIpc) is 2.93. The molecule has 0 aliphatic carbocycles. The molecule has 0 fully saturated rings. The smallest absolute Gasteiger partial charge is 0.274 e. The minimum Gasteiger partial charge on any atom is -0.460 e. The summed E-state index contributed by atoms with van der Waals surface area (Å²) in [5.41, 5.74) is 1.51. The summed E-state index contributed by atoms with van der Waals surface area (Å²) in [6, 6.07) is 12.5. The van der Waals surface area contributed by atoms with Gasteiger partial charge in [-0.05, 0) is 36.4 Å². The molecule has 0 radical (unpaired) electrons. The maximum Gasteiger partial charge on any atom is 0.274 e. The van der Waals surface area contributed by atoms with E-state index < -0.39 is 0 Å². The van der Waals surface area contributed by atoms with Crippen molar-refractivity contribution in [1.29, 1.82) is 0 Å². The highest BCUT2D eigenvalue weighted by Gasteiger charge is 2.13. The van der Waals surface area contributed by atoms with E-state index in [1.165, 1.54) is 16.2 Å². The largest absolute Gasteiger partial charge is 0.460 e. The molecular weight excluding hydrogens is 355 g/mol. The van der Waals surface area contributed by atoms with Gasteiger partial charge in [-0.1, -0.05) is 40.6 Å². The third-order valence-corrected chi connectivity index (χ3v) is 4.62. The molecule has 2 aromatic carbocycles. The maximum atomic E-state index is 12.2. The number of hydrogen-bond donors (Lipinski definition) is 0. The Morgan fingerprint density at radius 2 is 2.00 bits per heavy atom. The Balaban J connectivity index is 1.67. The quantitative estimate of drug-likeness (QED) is 0.674. The van der Waals surface area contributed by atoms with E-state index >= 15 is 0 Å². The van der Waals surface area contributed by atoms with E-state index in [1.807, 2.05) is 18.2 Å². The third-order valence-electron chi connectivity index (χ3n) is 3.22. The Bertz CT molecular complexity index is 866. The Morgan fingerprint density at radius 1 is 1.22 bits per heavy atom. The molecule has 3 aromatic rings. The molecule has 0 atom stereocenters. The predicted octanol–water partition coefficient (Wildman–Crippen LogP) is 4.64. The van der Waals surface area contributed by atoms with Crippen LogP contribution in [0.4, 0.5) is 5.69 Å². The Hall–Kier alpha value is -1.82. The fourth-order valence-corrected chi connectivity index (χ4v) is 3.26. The average molecular weight is 367 g/mol. The second-order valence-corrected chi connectivity index (χ2v) is 6.68. The summed E-state index contributed by atoms with van der Waals surface area (Å²) in [5.74, 6) is -0.190. The van der Waals surface area contributed by atoms with Crippen LogP contribution in [0.2, 0.25) is 10.0 Å². The first-order valence-corrected chi connectivity index (χ1v) is 8.31. The number of rotatable bonds is 4. The number of thiazole rings is 1. The normalized spacial score (nSPS) is 10.7. The summed E-state index contributed by atoms with van der Waals surface area (Å²) in [6.45, 7) is -0.101. The van der Waals surface area contributed by atoms with E-state index in [4.69, 9.17) is 27.9 Å². The lowest BCUT2D eigenvalue weighted by Crippen LogP contribution is -2.31. The molecule has 0 N–H and O–H groups in total. The number of anilines is 1. The fourth-order valence-electron chi connectivity index (χ4n) is 1.99. The van der Waals surface area contributed by atoms with Gasteiger partial charge in [0.2, 0.25) is 0 Å². The van der Waals surface area contributed by atoms with Crippen LogP contribution in [0.5, 0.6) is 5.19 Å². The monoisotopic (exact) mass is 366 g/mol. The van der Waals surface area contributed by atoms with Crippen LogP contribution in [-0.4, -0.2) is 24.5 Å². The van der Waals surface area contributed by atoms with Gasteiger partial charge in [0.1, 0.15) is 0 Å². The summed E-state index contributed by atoms with van der Waals surface area (Å²) in [4.78, 5) is 18.0. The molecular formula is C16H12Cl2N2O2S. The molecule has 0 aliphatic rings. The standard InChI is InChI=1S/C16H12Cl2N2O2S/c1-20(12-4-2-3-10(17)7-12)15(21)9-22-16-19-13-6-5-11(18)8-14(13)23-16/h2-8H,9H2,1H3. The van der Waals surface area contributed by atoms with Crippen molar-refractivity contribution in [2.45, 2.75) is 0 Å². The molecule has 4 nitrogen and oxygen atoms in total. The molecule has 23 heavy (non-hydrogen) atoms. The Kier molecular flexibility index (Phi) is 4.71. The molecule has 1 aromatic heterocycles. The third kappa shape index (κ3) is 3.75. The molecule has 0 aliphatic heterocycles. The first kappa shape index (κ1) is 16.1. The minimum absolute atomic E-state index is 0.101. The molecule has 0 unspecified atom stereocenters. The van der Waals surface area contributed by atoms with Gasteiger partial charge < -0.3 is 9.64 Å². The number of likely N-dealkylation sites (N-methyl/N-ethyl adjacent to an activating group) is 1. The topological polar surface area (TPSA) is 42.4 Å². The number of benzene rings is 2. The van der Waals surface area contributed by atoms with Crippen LogP contribution in [0.15, 0.2) is 42.5 Å². The summed E-state index contributed by atoms with van der Waals surface area (Å²) in [6.07, 6.45) is 0.